The van der Waals surface area contributed by atoms with Crippen molar-refractivity contribution >= 4 is 21.6 Å². The van der Waals surface area contributed by atoms with E-state index in [0.717, 1.165) is 11.1 Å². The second-order valence-electron chi connectivity index (χ2n) is 5.25. The lowest BCUT2D eigenvalue weighted by atomic mass is 10.1. The monoisotopic (exact) mass is 361 g/mol. The van der Waals surface area contributed by atoms with Crippen molar-refractivity contribution in [2.24, 2.45) is 0 Å². The van der Waals surface area contributed by atoms with E-state index in [0.29, 0.717) is 11.6 Å². The van der Waals surface area contributed by atoms with Crippen LogP contribution in [-0.4, -0.2) is 18.2 Å². The van der Waals surface area contributed by atoms with Crippen molar-refractivity contribution in [2.45, 2.75) is 18.0 Å². The molecule has 124 valence electrons. The zero-order valence-electron chi connectivity index (χ0n) is 12.8. The molecule has 1 N–H and O–H groups in total. The van der Waals surface area contributed by atoms with E-state index in [2.05, 4.69) is 9.82 Å². The third kappa shape index (κ3) is 4.03. The minimum absolute atomic E-state index is 0.191. The maximum atomic E-state index is 12.4. The van der Waals surface area contributed by atoms with Crippen LogP contribution in [0, 0.1) is 0 Å². The van der Waals surface area contributed by atoms with Crippen LogP contribution in [-0.2, 0) is 23.1 Å². The van der Waals surface area contributed by atoms with Gasteiger partial charge >= 0.3 is 0 Å². The fourth-order valence-corrected chi connectivity index (χ4v) is 3.46. The second-order valence-corrected chi connectivity index (χ2v) is 7.45. The van der Waals surface area contributed by atoms with Crippen molar-refractivity contribution in [1.82, 2.24) is 14.5 Å². The third-order valence-corrected chi connectivity index (χ3v) is 5.26. The Balaban J connectivity index is 1.75. The Labute approximate surface area is 145 Å². The molecule has 0 saturated heterocycles. The standard InChI is InChI=1S/C17H16ClN3O2S/c18-16-6-8-17(9-7-16)24(22,23)20-12-14-4-1-2-5-15(14)13-21-11-3-10-19-21/h1-11,20H,12-13H2. The van der Waals surface area contributed by atoms with E-state index >= 15 is 0 Å². The van der Waals surface area contributed by atoms with Crippen LogP contribution < -0.4 is 4.72 Å². The first-order valence-electron chi connectivity index (χ1n) is 7.34. The van der Waals surface area contributed by atoms with Crippen LogP contribution >= 0.6 is 11.6 Å². The summed E-state index contributed by atoms with van der Waals surface area (Å²) in [7, 11) is -3.59. The Morgan fingerprint density at radius 1 is 1.00 bits per heavy atom. The molecule has 0 aliphatic rings. The summed E-state index contributed by atoms with van der Waals surface area (Å²) in [5, 5.41) is 4.68. The van der Waals surface area contributed by atoms with Crippen molar-refractivity contribution in [1.29, 1.82) is 0 Å². The lowest BCUT2D eigenvalue weighted by molar-refractivity contribution is 0.580. The van der Waals surface area contributed by atoms with Gasteiger partial charge < -0.3 is 0 Å². The van der Waals surface area contributed by atoms with Gasteiger partial charge in [-0.15, -0.1) is 0 Å². The van der Waals surface area contributed by atoms with Crippen molar-refractivity contribution in [2.75, 3.05) is 0 Å². The smallest absolute Gasteiger partial charge is 0.240 e. The highest BCUT2D eigenvalue weighted by molar-refractivity contribution is 7.89. The summed E-state index contributed by atoms with van der Waals surface area (Å²) in [5.41, 5.74) is 1.92. The highest BCUT2D eigenvalue weighted by Gasteiger charge is 2.14. The van der Waals surface area contributed by atoms with E-state index < -0.39 is 10.0 Å². The summed E-state index contributed by atoms with van der Waals surface area (Å²) < 4.78 is 29.2. The first kappa shape index (κ1) is 16.7. The SMILES string of the molecule is O=S(=O)(NCc1ccccc1Cn1cccn1)c1ccc(Cl)cc1. The molecular weight excluding hydrogens is 346 g/mol. The van der Waals surface area contributed by atoms with Crippen LogP contribution in [0.2, 0.25) is 5.02 Å². The summed E-state index contributed by atoms with van der Waals surface area (Å²) in [5.74, 6) is 0. The van der Waals surface area contributed by atoms with Crippen molar-refractivity contribution < 1.29 is 8.42 Å². The van der Waals surface area contributed by atoms with Gasteiger partial charge in [0, 0.05) is 24.0 Å². The zero-order valence-corrected chi connectivity index (χ0v) is 14.3. The van der Waals surface area contributed by atoms with Crippen LogP contribution in [0.3, 0.4) is 0 Å². The zero-order chi connectivity index (χ0) is 17.0. The lowest BCUT2D eigenvalue weighted by Gasteiger charge is -2.11. The molecule has 0 aliphatic carbocycles. The maximum absolute atomic E-state index is 12.4. The Kier molecular flexibility index (Phi) is 4.99. The number of sulfonamides is 1. The van der Waals surface area contributed by atoms with Gasteiger partial charge in [0.05, 0.1) is 11.4 Å². The van der Waals surface area contributed by atoms with Crippen LogP contribution in [0.1, 0.15) is 11.1 Å². The van der Waals surface area contributed by atoms with E-state index in [9.17, 15) is 8.42 Å². The number of benzene rings is 2. The van der Waals surface area contributed by atoms with Gasteiger partial charge in [0.1, 0.15) is 0 Å². The molecule has 0 atom stereocenters. The Bertz CT molecular complexity index is 907. The van der Waals surface area contributed by atoms with Gasteiger partial charge in [-0.05, 0) is 41.5 Å². The summed E-state index contributed by atoms with van der Waals surface area (Å²) in [6.07, 6.45) is 3.58. The molecule has 1 aromatic heterocycles. The number of nitrogens with one attached hydrogen (secondary N) is 1. The van der Waals surface area contributed by atoms with Gasteiger partial charge in [0.2, 0.25) is 10.0 Å². The maximum Gasteiger partial charge on any atom is 0.240 e. The first-order chi connectivity index (χ1) is 11.5. The normalized spacial score (nSPS) is 11.5. The van der Waals surface area contributed by atoms with E-state index in [1.165, 1.54) is 12.1 Å². The molecule has 0 spiro atoms. The summed E-state index contributed by atoms with van der Waals surface area (Å²) in [4.78, 5) is 0.191. The molecule has 0 bridgehead atoms. The molecule has 3 aromatic rings. The number of aromatic nitrogens is 2. The molecule has 3 rings (SSSR count). The summed E-state index contributed by atoms with van der Waals surface area (Å²) in [6, 6.07) is 15.6. The molecule has 0 saturated carbocycles. The molecule has 0 unspecified atom stereocenters. The van der Waals surface area contributed by atoms with Gasteiger partial charge in [-0.25, -0.2) is 13.1 Å². The lowest BCUT2D eigenvalue weighted by Crippen LogP contribution is -2.24. The van der Waals surface area contributed by atoms with Gasteiger partial charge in [0.15, 0.2) is 0 Å². The van der Waals surface area contributed by atoms with Gasteiger partial charge in [0.25, 0.3) is 0 Å². The summed E-state index contributed by atoms with van der Waals surface area (Å²) in [6.45, 7) is 0.800. The van der Waals surface area contributed by atoms with Crippen molar-refractivity contribution in [3.63, 3.8) is 0 Å². The van der Waals surface area contributed by atoms with E-state index in [4.69, 9.17) is 11.6 Å². The molecule has 0 fully saturated rings. The topological polar surface area (TPSA) is 64.0 Å². The molecule has 24 heavy (non-hydrogen) atoms. The van der Waals surface area contributed by atoms with Crippen LogP contribution in [0.15, 0.2) is 71.9 Å². The largest absolute Gasteiger partial charge is 0.268 e. The highest BCUT2D eigenvalue weighted by atomic mass is 35.5. The third-order valence-electron chi connectivity index (χ3n) is 3.59. The molecule has 7 heteroatoms. The molecule has 1 heterocycles. The van der Waals surface area contributed by atoms with Crippen LogP contribution in [0.4, 0.5) is 0 Å². The minimum atomic E-state index is -3.59. The molecule has 0 radical (unpaired) electrons. The predicted molar refractivity (Wildman–Crippen MR) is 93.2 cm³/mol. The summed E-state index contributed by atoms with van der Waals surface area (Å²) >= 11 is 5.80. The highest BCUT2D eigenvalue weighted by Crippen LogP contribution is 2.15. The Hall–Kier alpha value is -2.15. The number of rotatable bonds is 6. The average Bonchev–Trinajstić information content (AvgIpc) is 3.08. The molecule has 0 amide bonds. The predicted octanol–water partition coefficient (Wildman–Crippen LogP) is 3.06. The van der Waals surface area contributed by atoms with E-state index in [1.54, 1.807) is 23.0 Å². The first-order valence-corrected chi connectivity index (χ1v) is 9.20. The van der Waals surface area contributed by atoms with Crippen molar-refractivity contribution in [3.05, 3.63) is 83.1 Å². The van der Waals surface area contributed by atoms with Gasteiger partial charge in [-0.2, -0.15) is 5.10 Å². The molecule has 2 aromatic carbocycles. The van der Waals surface area contributed by atoms with Gasteiger partial charge in [-0.1, -0.05) is 35.9 Å². The Morgan fingerprint density at radius 2 is 1.71 bits per heavy atom. The van der Waals surface area contributed by atoms with E-state index in [1.807, 2.05) is 36.5 Å². The molecule has 5 nitrogen and oxygen atoms in total. The average molecular weight is 362 g/mol. The van der Waals surface area contributed by atoms with E-state index in [-0.39, 0.29) is 11.4 Å². The van der Waals surface area contributed by atoms with Crippen LogP contribution in [0.25, 0.3) is 0 Å². The fourth-order valence-electron chi connectivity index (χ4n) is 2.32. The van der Waals surface area contributed by atoms with Crippen LogP contribution in [0.5, 0.6) is 0 Å². The quantitative estimate of drug-likeness (QED) is 0.733. The number of nitrogens with zero attached hydrogens (tertiary/aromatic N) is 2. The fraction of sp³-hybridized carbons (Fsp3) is 0.118. The molecular formula is C17H16ClN3O2S. The number of hydrogen-bond acceptors (Lipinski definition) is 3. The minimum Gasteiger partial charge on any atom is -0.268 e. The van der Waals surface area contributed by atoms with Crippen molar-refractivity contribution in [3.8, 4) is 0 Å². The number of halogens is 1. The van der Waals surface area contributed by atoms with Gasteiger partial charge in [-0.3, -0.25) is 4.68 Å². The molecule has 0 aliphatic heterocycles. The second kappa shape index (κ2) is 7.17. The Morgan fingerprint density at radius 3 is 2.38 bits per heavy atom. The number of hydrogen-bond donors (Lipinski definition) is 1.